The van der Waals surface area contributed by atoms with Gasteiger partial charge in [-0.15, -0.1) is 0 Å². The molecule has 1 saturated heterocycles. The number of rotatable bonds is 3. The Morgan fingerprint density at radius 3 is 2.75 bits per heavy atom. The predicted molar refractivity (Wildman–Crippen MR) is 69.6 cm³/mol. The van der Waals surface area contributed by atoms with Crippen molar-refractivity contribution in [3.63, 3.8) is 0 Å². The van der Waals surface area contributed by atoms with Crippen LogP contribution in [0.2, 0.25) is 5.15 Å². The molecule has 1 aromatic rings. The van der Waals surface area contributed by atoms with E-state index >= 15 is 0 Å². The third-order valence-electron chi connectivity index (χ3n) is 2.82. The largest absolute Gasteiger partial charge is 0.395 e. The Hall–Kier alpha value is -0.390. The number of nitrogen functional groups attached to an aromatic ring is 1. The molecule has 0 radical (unpaired) electrons. The maximum atomic E-state index is 5.86. The van der Waals surface area contributed by atoms with Gasteiger partial charge < -0.3 is 5.73 Å². The van der Waals surface area contributed by atoms with Crippen LogP contribution in [-0.4, -0.2) is 32.9 Å². The number of nitrogens with zero attached hydrogens (tertiary/aromatic N) is 3. The van der Waals surface area contributed by atoms with Gasteiger partial charge in [0.05, 0.1) is 11.7 Å². The van der Waals surface area contributed by atoms with Gasteiger partial charge in [-0.3, -0.25) is 8.99 Å². The van der Waals surface area contributed by atoms with E-state index in [4.69, 9.17) is 17.3 Å². The van der Waals surface area contributed by atoms with Crippen molar-refractivity contribution in [1.82, 2.24) is 14.1 Å². The predicted octanol–water partition coefficient (Wildman–Crippen LogP) is 2.42. The van der Waals surface area contributed by atoms with Crippen LogP contribution in [0, 0.1) is 0 Å². The van der Waals surface area contributed by atoms with E-state index in [0.29, 0.717) is 16.9 Å². The maximum Gasteiger partial charge on any atom is 0.173 e. The molecule has 2 rings (SSSR count). The van der Waals surface area contributed by atoms with Crippen molar-refractivity contribution in [2.24, 2.45) is 0 Å². The maximum absolute atomic E-state index is 5.86. The summed E-state index contributed by atoms with van der Waals surface area (Å²) in [5.74, 6) is 1.14. The Bertz CT molecular complexity index is 327. The van der Waals surface area contributed by atoms with Crippen molar-refractivity contribution >= 4 is 29.2 Å². The fraction of sp³-hybridized carbons (Fsp3) is 0.700. The Morgan fingerprint density at radius 1 is 1.56 bits per heavy atom. The molecule has 16 heavy (non-hydrogen) atoms. The fourth-order valence-electron chi connectivity index (χ4n) is 1.99. The molecule has 1 aliphatic heterocycles. The molecule has 0 atom stereocenters. The molecule has 0 saturated carbocycles. The number of nitrogens with two attached hydrogens (primary N) is 1. The fourth-order valence-corrected chi connectivity index (χ4v) is 2.96. The molecule has 90 valence electrons. The zero-order valence-corrected chi connectivity index (χ0v) is 11.0. The minimum absolute atomic E-state index is 0.422. The van der Waals surface area contributed by atoms with E-state index < -0.39 is 0 Å². The number of halogens is 1. The van der Waals surface area contributed by atoms with Crippen LogP contribution in [0.15, 0.2) is 6.20 Å². The lowest BCUT2D eigenvalue weighted by Gasteiger charge is -2.30. The Kier molecular flexibility index (Phi) is 4.00. The van der Waals surface area contributed by atoms with E-state index in [9.17, 15) is 0 Å². The minimum atomic E-state index is 0.422. The number of aromatic nitrogens is 2. The van der Waals surface area contributed by atoms with E-state index in [0.717, 1.165) is 31.7 Å². The Labute approximate surface area is 105 Å². The highest BCUT2D eigenvalue weighted by atomic mass is 35.5. The second-order valence-electron chi connectivity index (χ2n) is 3.93. The molecular weight excluding hydrogens is 244 g/mol. The first kappa shape index (κ1) is 12.1. The summed E-state index contributed by atoms with van der Waals surface area (Å²) in [5, 5.41) is 4.66. The highest BCUT2D eigenvalue weighted by Crippen LogP contribution is 2.28. The number of piperidine rings is 1. The monoisotopic (exact) mass is 260 g/mol. The van der Waals surface area contributed by atoms with E-state index in [1.807, 2.05) is 22.8 Å². The van der Waals surface area contributed by atoms with Crippen LogP contribution < -0.4 is 5.73 Å². The number of anilines is 1. The average molecular weight is 261 g/mol. The van der Waals surface area contributed by atoms with E-state index in [2.05, 4.69) is 16.3 Å². The van der Waals surface area contributed by atoms with Gasteiger partial charge in [0, 0.05) is 25.0 Å². The molecule has 0 unspecified atom stereocenters. The van der Waals surface area contributed by atoms with Gasteiger partial charge in [0.15, 0.2) is 5.15 Å². The van der Waals surface area contributed by atoms with Crippen LogP contribution in [0.5, 0.6) is 0 Å². The Morgan fingerprint density at radius 2 is 2.25 bits per heavy atom. The molecule has 2 heterocycles. The van der Waals surface area contributed by atoms with Crippen molar-refractivity contribution in [2.45, 2.75) is 25.8 Å². The van der Waals surface area contributed by atoms with Gasteiger partial charge in [-0.25, -0.2) is 0 Å². The summed E-state index contributed by atoms with van der Waals surface area (Å²) in [6.07, 6.45) is 4.07. The van der Waals surface area contributed by atoms with Crippen LogP contribution >= 0.6 is 23.5 Å². The molecular formula is C10H17ClN4S. The summed E-state index contributed by atoms with van der Waals surface area (Å²) in [7, 11) is 0. The zero-order chi connectivity index (χ0) is 11.5. The molecule has 1 aliphatic rings. The van der Waals surface area contributed by atoms with Gasteiger partial charge in [-0.1, -0.05) is 30.5 Å². The molecule has 6 heteroatoms. The molecule has 0 aliphatic carbocycles. The topological polar surface area (TPSA) is 47.1 Å². The van der Waals surface area contributed by atoms with Crippen molar-refractivity contribution in [1.29, 1.82) is 0 Å². The molecule has 1 fully saturated rings. The molecule has 4 nitrogen and oxygen atoms in total. The standard InChI is InChI=1S/C10H17ClN4S/c1-2-16-14-5-3-8(4-6-14)15-7-9(12)10(11)13-15/h7-8H,2-6,12H2,1H3. The van der Waals surface area contributed by atoms with Crippen LogP contribution in [0.4, 0.5) is 5.69 Å². The van der Waals surface area contributed by atoms with Gasteiger partial charge in [-0.2, -0.15) is 5.10 Å². The number of hydrogen-bond donors (Lipinski definition) is 1. The SMILES string of the molecule is CCSN1CCC(n2cc(N)c(Cl)n2)CC1. The second-order valence-corrected chi connectivity index (χ2v) is 5.64. The molecule has 0 spiro atoms. The van der Waals surface area contributed by atoms with Crippen LogP contribution in [0.1, 0.15) is 25.8 Å². The lowest BCUT2D eigenvalue weighted by molar-refractivity contribution is 0.276. The molecule has 1 aromatic heterocycles. The smallest absolute Gasteiger partial charge is 0.173 e. The lowest BCUT2D eigenvalue weighted by atomic mass is 10.1. The van der Waals surface area contributed by atoms with Gasteiger partial charge in [0.25, 0.3) is 0 Å². The van der Waals surface area contributed by atoms with Crippen molar-refractivity contribution < 1.29 is 0 Å². The summed E-state index contributed by atoms with van der Waals surface area (Å²) in [6.45, 7) is 4.41. The van der Waals surface area contributed by atoms with E-state index in [1.165, 1.54) is 0 Å². The van der Waals surface area contributed by atoms with Gasteiger partial charge in [0.2, 0.25) is 0 Å². The van der Waals surface area contributed by atoms with Crippen molar-refractivity contribution in [2.75, 3.05) is 24.6 Å². The van der Waals surface area contributed by atoms with Crippen LogP contribution in [0.25, 0.3) is 0 Å². The third-order valence-corrected chi connectivity index (χ3v) is 4.10. The minimum Gasteiger partial charge on any atom is -0.395 e. The summed E-state index contributed by atoms with van der Waals surface area (Å²) in [4.78, 5) is 0. The summed E-state index contributed by atoms with van der Waals surface area (Å²) in [5.41, 5.74) is 6.27. The normalized spacial score (nSPS) is 19.1. The summed E-state index contributed by atoms with van der Waals surface area (Å²) in [6, 6.07) is 0.448. The highest BCUT2D eigenvalue weighted by molar-refractivity contribution is 7.96. The van der Waals surface area contributed by atoms with Gasteiger partial charge in [0.1, 0.15) is 0 Å². The zero-order valence-electron chi connectivity index (χ0n) is 9.40. The molecule has 2 N–H and O–H groups in total. The summed E-state index contributed by atoms with van der Waals surface area (Å²) < 4.78 is 4.34. The van der Waals surface area contributed by atoms with Crippen molar-refractivity contribution in [3.05, 3.63) is 11.3 Å². The number of hydrogen-bond acceptors (Lipinski definition) is 4. The highest BCUT2D eigenvalue weighted by Gasteiger charge is 2.21. The Balaban J connectivity index is 1.93. The van der Waals surface area contributed by atoms with Crippen LogP contribution in [-0.2, 0) is 0 Å². The molecule has 0 aromatic carbocycles. The first-order valence-electron chi connectivity index (χ1n) is 5.58. The van der Waals surface area contributed by atoms with Gasteiger partial charge >= 0.3 is 0 Å². The average Bonchev–Trinajstić information content (AvgIpc) is 2.61. The quantitative estimate of drug-likeness (QED) is 0.848. The lowest BCUT2D eigenvalue weighted by Crippen LogP contribution is -2.30. The van der Waals surface area contributed by atoms with Gasteiger partial charge in [-0.05, 0) is 12.8 Å². The van der Waals surface area contributed by atoms with E-state index in [1.54, 1.807) is 0 Å². The molecule has 0 amide bonds. The van der Waals surface area contributed by atoms with Crippen LogP contribution in [0.3, 0.4) is 0 Å². The molecule has 0 bridgehead atoms. The first-order valence-corrected chi connectivity index (χ1v) is 6.90. The first-order chi connectivity index (χ1) is 7.70. The summed E-state index contributed by atoms with van der Waals surface area (Å²) >= 11 is 7.77. The van der Waals surface area contributed by atoms with E-state index in [-0.39, 0.29) is 0 Å². The second kappa shape index (κ2) is 5.29. The van der Waals surface area contributed by atoms with Crippen molar-refractivity contribution in [3.8, 4) is 0 Å². The third kappa shape index (κ3) is 2.64.